The molecular formula is C17H22N2O. The molecule has 0 fully saturated rings. The van der Waals surface area contributed by atoms with E-state index in [9.17, 15) is 0 Å². The maximum atomic E-state index is 6.39. The Morgan fingerprint density at radius 3 is 2.75 bits per heavy atom. The zero-order chi connectivity index (χ0) is 14.5. The molecule has 0 amide bonds. The van der Waals surface area contributed by atoms with Crippen molar-refractivity contribution in [1.29, 1.82) is 0 Å². The molecule has 0 aliphatic rings. The molecule has 2 rings (SSSR count). The maximum absolute atomic E-state index is 6.39. The molecule has 1 atom stereocenters. The fourth-order valence-corrected chi connectivity index (χ4v) is 2.18. The van der Waals surface area contributed by atoms with Crippen molar-refractivity contribution in [2.45, 2.75) is 33.2 Å². The molecule has 1 unspecified atom stereocenters. The highest BCUT2D eigenvalue weighted by Crippen LogP contribution is 2.25. The van der Waals surface area contributed by atoms with Crippen molar-refractivity contribution >= 4 is 0 Å². The van der Waals surface area contributed by atoms with Crippen molar-refractivity contribution in [3.8, 4) is 5.75 Å². The SMILES string of the molecule is CCCOc1cncc(C(N)c2cc(C)ccc2C)c1. The summed E-state index contributed by atoms with van der Waals surface area (Å²) in [6, 6.07) is 8.15. The van der Waals surface area contributed by atoms with Gasteiger partial charge in [-0.25, -0.2) is 0 Å². The van der Waals surface area contributed by atoms with E-state index in [1.54, 1.807) is 6.20 Å². The molecule has 3 nitrogen and oxygen atoms in total. The second kappa shape index (κ2) is 6.53. The van der Waals surface area contributed by atoms with E-state index in [-0.39, 0.29) is 6.04 Å². The van der Waals surface area contributed by atoms with E-state index in [0.29, 0.717) is 6.61 Å². The molecule has 0 aliphatic heterocycles. The number of hydrogen-bond donors (Lipinski definition) is 1. The molecule has 1 heterocycles. The zero-order valence-electron chi connectivity index (χ0n) is 12.4. The summed E-state index contributed by atoms with van der Waals surface area (Å²) in [4.78, 5) is 4.23. The van der Waals surface area contributed by atoms with Gasteiger partial charge < -0.3 is 10.5 Å². The highest BCUT2D eigenvalue weighted by Gasteiger charge is 2.13. The van der Waals surface area contributed by atoms with Crippen LogP contribution in [0.4, 0.5) is 0 Å². The van der Waals surface area contributed by atoms with Crippen LogP contribution in [0.15, 0.2) is 36.7 Å². The molecule has 0 saturated carbocycles. The van der Waals surface area contributed by atoms with Gasteiger partial charge in [-0.3, -0.25) is 4.98 Å². The summed E-state index contributed by atoms with van der Waals surface area (Å²) in [5, 5.41) is 0. The summed E-state index contributed by atoms with van der Waals surface area (Å²) in [5.41, 5.74) is 10.9. The first-order valence-electron chi connectivity index (χ1n) is 7.02. The third-order valence-corrected chi connectivity index (χ3v) is 3.34. The van der Waals surface area contributed by atoms with E-state index in [2.05, 4.69) is 44.0 Å². The van der Waals surface area contributed by atoms with Gasteiger partial charge in [0.05, 0.1) is 18.8 Å². The lowest BCUT2D eigenvalue weighted by Gasteiger charge is -2.16. The Bertz CT molecular complexity index is 581. The minimum atomic E-state index is -0.174. The third-order valence-electron chi connectivity index (χ3n) is 3.34. The first kappa shape index (κ1) is 14.5. The first-order valence-corrected chi connectivity index (χ1v) is 7.02. The lowest BCUT2D eigenvalue weighted by Crippen LogP contribution is -2.14. The molecular weight excluding hydrogens is 248 g/mol. The number of nitrogens with two attached hydrogens (primary N) is 1. The minimum Gasteiger partial charge on any atom is -0.492 e. The van der Waals surface area contributed by atoms with Crippen molar-refractivity contribution < 1.29 is 4.74 Å². The van der Waals surface area contributed by atoms with Crippen LogP contribution in [0.1, 0.15) is 41.6 Å². The highest BCUT2D eigenvalue weighted by atomic mass is 16.5. The van der Waals surface area contributed by atoms with Crippen molar-refractivity contribution in [3.05, 3.63) is 58.9 Å². The Kier molecular flexibility index (Phi) is 4.74. The second-order valence-corrected chi connectivity index (χ2v) is 5.14. The molecule has 0 aliphatic carbocycles. The Morgan fingerprint density at radius 2 is 2.00 bits per heavy atom. The van der Waals surface area contributed by atoms with Gasteiger partial charge in [0.25, 0.3) is 0 Å². The van der Waals surface area contributed by atoms with Crippen LogP contribution in [0.2, 0.25) is 0 Å². The summed E-state index contributed by atoms with van der Waals surface area (Å²) in [6.45, 7) is 6.94. The number of aryl methyl sites for hydroxylation is 2. The molecule has 20 heavy (non-hydrogen) atoms. The molecule has 0 saturated heterocycles. The Morgan fingerprint density at radius 1 is 1.20 bits per heavy atom. The molecule has 3 heteroatoms. The van der Waals surface area contributed by atoms with E-state index in [4.69, 9.17) is 10.5 Å². The fraction of sp³-hybridized carbons (Fsp3) is 0.353. The van der Waals surface area contributed by atoms with Gasteiger partial charge in [-0.15, -0.1) is 0 Å². The third kappa shape index (κ3) is 3.36. The van der Waals surface area contributed by atoms with E-state index in [0.717, 1.165) is 23.3 Å². The van der Waals surface area contributed by atoms with E-state index in [1.807, 2.05) is 12.3 Å². The largest absolute Gasteiger partial charge is 0.492 e. The normalized spacial score (nSPS) is 12.2. The average molecular weight is 270 g/mol. The van der Waals surface area contributed by atoms with E-state index < -0.39 is 0 Å². The van der Waals surface area contributed by atoms with Crippen molar-refractivity contribution in [2.24, 2.45) is 5.73 Å². The summed E-state index contributed by atoms with van der Waals surface area (Å²) in [6.07, 6.45) is 4.52. The molecule has 2 N–H and O–H groups in total. The van der Waals surface area contributed by atoms with Gasteiger partial charge in [-0.1, -0.05) is 30.7 Å². The van der Waals surface area contributed by atoms with Gasteiger partial charge in [0.2, 0.25) is 0 Å². The molecule has 106 valence electrons. The Balaban J connectivity index is 2.28. The lowest BCUT2D eigenvalue weighted by atomic mass is 9.95. The van der Waals surface area contributed by atoms with Crippen LogP contribution in [0.25, 0.3) is 0 Å². The lowest BCUT2D eigenvalue weighted by molar-refractivity contribution is 0.315. The fourth-order valence-electron chi connectivity index (χ4n) is 2.18. The van der Waals surface area contributed by atoms with Crippen LogP contribution in [-0.2, 0) is 0 Å². The summed E-state index contributed by atoms with van der Waals surface area (Å²) in [7, 11) is 0. The topological polar surface area (TPSA) is 48.1 Å². The maximum Gasteiger partial charge on any atom is 0.137 e. The van der Waals surface area contributed by atoms with Crippen LogP contribution in [-0.4, -0.2) is 11.6 Å². The van der Waals surface area contributed by atoms with Crippen LogP contribution in [0.5, 0.6) is 5.75 Å². The second-order valence-electron chi connectivity index (χ2n) is 5.14. The van der Waals surface area contributed by atoms with Gasteiger partial charge in [-0.05, 0) is 43.0 Å². The average Bonchev–Trinajstić information content (AvgIpc) is 2.47. The molecule has 0 radical (unpaired) electrons. The molecule has 0 spiro atoms. The predicted molar refractivity (Wildman–Crippen MR) is 82.0 cm³/mol. The molecule has 0 bridgehead atoms. The summed E-state index contributed by atoms with van der Waals surface area (Å²) in [5.74, 6) is 0.783. The zero-order valence-corrected chi connectivity index (χ0v) is 12.4. The van der Waals surface area contributed by atoms with Gasteiger partial charge in [0.15, 0.2) is 0 Å². The van der Waals surface area contributed by atoms with Crippen molar-refractivity contribution in [1.82, 2.24) is 4.98 Å². The monoisotopic (exact) mass is 270 g/mol. The highest BCUT2D eigenvalue weighted by molar-refractivity contribution is 5.39. The standard InChI is InChI=1S/C17H22N2O/c1-4-7-20-15-9-14(10-19-11-15)17(18)16-8-12(2)5-6-13(16)3/h5-6,8-11,17H,4,7,18H2,1-3H3. The number of benzene rings is 1. The number of hydrogen-bond acceptors (Lipinski definition) is 3. The number of nitrogens with zero attached hydrogens (tertiary/aromatic N) is 1. The number of aromatic nitrogens is 1. The van der Waals surface area contributed by atoms with Crippen LogP contribution in [0.3, 0.4) is 0 Å². The smallest absolute Gasteiger partial charge is 0.137 e. The van der Waals surface area contributed by atoms with Crippen LogP contribution < -0.4 is 10.5 Å². The van der Waals surface area contributed by atoms with Gasteiger partial charge in [0.1, 0.15) is 5.75 Å². The minimum absolute atomic E-state index is 0.174. The number of pyridine rings is 1. The van der Waals surface area contributed by atoms with Gasteiger partial charge in [-0.2, -0.15) is 0 Å². The Labute approximate surface area is 120 Å². The molecule has 1 aromatic carbocycles. The molecule has 1 aromatic heterocycles. The number of rotatable bonds is 5. The van der Waals surface area contributed by atoms with Crippen LogP contribution >= 0.6 is 0 Å². The van der Waals surface area contributed by atoms with Gasteiger partial charge >= 0.3 is 0 Å². The van der Waals surface area contributed by atoms with Crippen molar-refractivity contribution in [2.75, 3.05) is 6.61 Å². The van der Waals surface area contributed by atoms with Crippen LogP contribution in [0, 0.1) is 13.8 Å². The number of ether oxygens (including phenoxy) is 1. The Hall–Kier alpha value is -1.87. The summed E-state index contributed by atoms with van der Waals surface area (Å²) < 4.78 is 5.62. The quantitative estimate of drug-likeness (QED) is 0.904. The van der Waals surface area contributed by atoms with E-state index >= 15 is 0 Å². The van der Waals surface area contributed by atoms with Gasteiger partial charge in [0, 0.05) is 6.20 Å². The predicted octanol–water partition coefficient (Wildman–Crippen LogP) is 3.54. The van der Waals surface area contributed by atoms with E-state index in [1.165, 1.54) is 11.1 Å². The molecule has 2 aromatic rings. The summed E-state index contributed by atoms with van der Waals surface area (Å²) >= 11 is 0. The first-order chi connectivity index (χ1) is 9.61. The van der Waals surface area contributed by atoms with Crippen molar-refractivity contribution in [3.63, 3.8) is 0 Å².